The quantitative estimate of drug-likeness (QED) is 0.415. The van der Waals surface area contributed by atoms with Crippen LogP contribution in [0.5, 0.6) is 0 Å². The number of hydrogen-bond acceptors (Lipinski definition) is 4. The minimum atomic E-state index is -0.351. The molecule has 0 unspecified atom stereocenters. The molecule has 2 atom stereocenters. The lowest BCUT2D eigenvalue weighted by molar-refractivity contribution is 0.0600. The Balaban J connectivity index is 1.87. The summed E-state index contributed by atoms with van der Waals surface area (Å²) in [4.78, 5) is 19.4. The fourth-order valence-electron chi connectivity index (χ4n) is 4.74. The van der Waals surface area contributed by atoms with Crippen molar-refractivity contribution < 1.29 is 9.53 Å². The summed E-state index contributed by atoms with van der Waals surface area (Å²) in [6.07, 6.45) is 1.82. The number of para-hydroxylation sites is 1. The number of carbonyl (C=O) groups is 1. The summed E-state index contributed by atoms with van der Waals surface area (Å²) >= 11 is 5.78. The Morgan fingerprint density at radius 2 is 1.91 bits per heavy atom. The molecule has 7 heteroatoms. The fraction of sp³-hybridized carbons (Fsp3) is 0.346. The van der Waals surface area contributed by atoms with E-state index in [0.717, 1.165) is 40.0 Å². The first-order valence-corrected chi connectivity index (χ1v) is 11.6. The molecule has 1 fully saturated rings. The third-order valence-electron chi connectivity index (χ3n) is 6.10. The molecular weight excluding hydrogens is 432 g/mol. The Hall–Kier alpha value is -3.19. The van der Waals surface area contributed by atoms with Crippen molar-refractivity contribution >= 4 is 23.3 Å². The van der Waals surface area contributed by atoms with Crippen molar-refractivity contribution in [2.75, 3.05) is 13.7 Å². The molecule has 0 spiro atoms. The molecule has 0 aliphatic carbocycles. The van der Waals surface area contributed by atoms with Crippen LogP contribution in [0.2, 0.25) is 0 Å². The summed E-state index contributed by atoms with van der Waals surface area (Å²) in [5.74, 6) is 0.0921. The third kappa shape index (κ3) is 4.25. The summed E-state index contributed by atoms with van der Waals surface area (Å²) in [5.41, 5.74) is 5.57. The van der Waals surface area contributed by atoms with Gasteiger partial charge in [-0.15, -0.1) is 0 Å². The predicted octanol–water partition coefficient (Wildman–Crippen LogP) is 4.90. The Bertz CT molecular complexity index is 1170. The van der Waals surface area contributed by atoms with Gasteiger partial charge in [-0.1, -0.05) is 32.0 Å². The van der Waals surface area contributed by atoms with Crippen LogP contribution in [0.15, 0.2) is 54.7 Å². The molecule has 3 aromatic rings. The zero-order chi connectivity index (χ0) is 23.7. The Morgan fingerprint density at radius 3 is 2.58 bits per heavy atom. The number of nitrogens with zero attached hydrogens (tertiary/aromatic N) is 3. The molecule has 1 aromatic carbocycles. The molecule has 1 aliphatic heterocycles. The van der Waals surface area contributed by atoms with Crippen molar-refractivity contribution in [3.8, 4) is 5.69 Å². The molecule has 3 heterocycles. The van der Waals surface area contributed by atoms with Gasteiger partial charge >= 0.3 is 5.97 Å². The monoisotopic (exact) mass is 462 g/mol. The zero-order valence-corrected chi connectivity index (χ0v) is 20.5. The van der Waals surface area contributed by atoms with E-state index in [9.17, 15) is 4.79 Å². The topological polar surface area (TPSA) is 59.4 Å². The summed E-state index contributed by atoms with van der Waals surface area (Å²) in [7, 11) is 1.41. The summed E-state index contributed by atoms with van der Waals surface area (Å²) in [5, 5.41) is 4.26. The first kappa shape index (κ1) is 23.0. The van der Waals surface area contributed by atoms with E-state index in [1.54, 1.807) is 6.07 Å². The standard InChI is InChI=1S/C26H30N4O2S/c1-16(2)15-29-24(23(28-26(29)33)21-11-8-9-13-27-21)20-14-17(3)30(18(20)4)22-12-7-6-10-19(22)25(31)32-5/h6-14,16,23-24H,15H2,1-5H3,(H,28,33)/t23-,24+/m0/s1. The number of thiocarbonyl (C=S) groups is 1. The Labute approximate surface area is 200 Å². The number of benzene rings is 1. The number of carbonyl (C=O) groups excluding carboxylic acids is 1. The van der Waals surface area contributed by atoms with Gasteiger partial charge in [0.2, 0.25) is 0 Å². The number of aromatic nitrogens is 2. The van der Waals surface area contributed by atoms with E-state index in [1.807, 2.05) is 42.6 Å². The van der Waals surface area contributed by atoms with Crippen molar-refractivity contribution in [1.82, 2.24) is 19.8 Å². The SMILES string of the molecule is COC(=O)c1ccccc1-n1c(C)cc([C@@H]2[C@H](c3ccccn3)NC(=S)N2CC(C)C)c1C. The lowest BCUT2D eigenvalue weighted by Crippen LogP contribution is -2.33. The van der Waals surface area contributed by atoms with Crippen LogP contribution in [0.4, 0.5) is 0 Å². The Kier molecular flexibility index (Phi) is 6.51. The van der Waals surface area contributed by atoms with E-state index in [1.165, 1.54) is 7.11 Å². The van der Waals surface area contributed by atoms with Crippen molar-refractivity contribution in [3.63, 3.8) is 0 Å². The summed E-state index contributed by atoms with van der Waals surface area (Å²) < 4.78 is 7.17. The van der Waals surface area contributed by atoms with Gasteiger partial charge in [-0.2, -0.15) is 0 Å². The number of ether oxygens (including phenoxy) is 1. The maximum absolute atomic E-state index is 12.5. The molecule has 1 saturated heterocycles. The van der Waals surface area contributed by atoms with Gasteiger partial charge in [-0.05, 0) is 67.9 Å². The van der Waals surface area contributed by atoms with Gasteiger partial charge in [0.15, 0.2) is 5.11 Å². The second-order valence-electron chi connectivity index (χ2n) is 8.84. The van der Waals surface area contributed by atoms with E-state index >= 15 is 0 Å². The first-order chi connectivity index (χ1) is 15.8. The van der Waals surface area contributed by atoms with Crippen molar-refractivity contribution in [2.45, 2.75) is 39.8 Å². The van der Waals surface area contributed by atoms with Crippen LogP contribution < -0.4 is 5.32 Å². The van der Waals surface area contributed by atoms with Gasteiger partial charge in [0.1, 0.15) is 0 Å². The molecule has 33 heavy (non-hydrogen) atoms. The first-order valence-electron chi connectivity index (χ1n) is 11.2. The Morgan fingerprint density at radius 1 is 1.18 bits per heavy atom. The molecular formula is C26H30N4O2S. The van der Waals surface area contributed by atoms with Crippen molar-refractivity contribution in [3.05, 3.63) is 82.9 Å². The molecule has 4 rings (SSSR count). The average Bonchev–Trinajstić information content (AvgIpc) is 3.28. The number of esters is 1. The van der Waals surface area contributed by atoms with Crippen molar-refractivity contribution in [1.29, 1.82) is 0 Å². The van der Waals surface area contributed by atoms with Crippen LogP contribution in [-0.4, -0.2) is 39.2 Å². The maximum atomic E-state index is 12.5. The van der Waals surface area contributed by atoms with Gasteiger partial charge in [-0.3, -0.25) is 4.98 Å². The van der Waals surface area contributed by atoms with E-state index in [-0.39, 0.29) is 18.1 Å². The maximum Gasteiger partial charge on any atom is 0.339 e. The normalized spacial score (nSPS) is 18.0. The van der Waals surface area contributed by atoms with Gasteiger partial charge in [0, 0.05) is 24.1 Å². The highest BCUT2D eigenvalue weighted by Crippen LogP contribution is 2.41. The summed E-state index contributed by atoms with van der Waals surface area (Å²) in [6, 6.07) is 15.6. The summed E-state index contributed by atoms with van der Waals surface area (Å²) in [6.45, 7) is 9.39. The van der Waals surface area contributed by atoms with Crippen LogP contribution >= 0.6 is 12.2 Å². The van der Waals surface area contributed by atoms with Crippen LogP contribution in [0.25, 0.3) is 5.69 Å². The zero-order valence-electron chi connectivity index (χ0n) is 19.7. The van der Waals surface area contributed by atoms with E-state index in [4.69, 9.17) is 17.0 Å². The highest BCUT2D eigenvalue weighted by molar-refractivity contribution is 7.80. The molecule has 0 amide bonds. The average molecular weight is 463 g/mol. The molecule has 1 aliphatic rings. The fourth-order valence-corrected chi connectivity index (χ4v) is 5.06. The van der Waals surface area contributed by atoms with Crippen LogP contribution in [0.3, 0.4) is 0 Å². The molecule has 1 N–H and O–H groups in total. The molecule has 0 saturated carbocycles. The second kappa shape index (κ2) is 9.35. The van der Waals surface area contributed by atoms with Gasteiger partial charge in [0.25, 0.3) is 0 Å². The second-order valence-corrected chi connectivity index (χ2v) is 9.23. The number of nitrogens with one attached hydrogen (secondary N) is 1. The van der Waals surface area contributed by atoms with Crippen LogP contribution in [0, 0.1) is 19.8 Å². The number of aryl methyl sites for hydroxylation is 1. The lowest BCUT2D eigenvalue weighted by atomic mass is 9.96. The molecule has 172 valence electrons. The van der Waals surface area contributed by atoms with Gasteiger partial charge in [0.05, 0.1) is 36.1 Å². The number of rotatable bonds is 6. The largest absolute Gasteiger partial charge is 0.465 e. The highest BCUT2D eigenvalue weighted by Gasteiger charge is 2.41. The molecule has 2 aromatic heterocycles. The van der Waals surface area contributed by atoms with Gasteiger partial charge < -0.3 is 19.5 Å². The van der Waals surface area contributed by atoms with Crippen molar-refractivity contribution in [2.24, 2.45) is 5.92 Å². The van der Waals surface area contributed by atoms with Crippen LogP contribution in [-0.2, 0) is 4.74 Å². The van der Waals surface area contributed by atoms with Crippen LogP contribution in [0.1, 0.15) is 58.9 Å². The number of methoxy groups -OCH3 is 1. The molecule has 0 radical (unpaired) electrons. The number of pyridine rings is 1. The minimum Gasteiger partial charge on any atom is -0.465 e. The van der Waals surface area contributed by atoms with E-state index in [2.05, 4.69) is 53.5 Å². The van der Waals surface area contributed by atoms with E-state index < -0.39 is 0 Å². The predicted molar refractivity (Wildman–Crippen MR) is 134 cm³/mol. The number of hydrogen-bond donors (Lipinski definition) is 1. The third-order valence-corrected chi connectivity index (χ3v) is 6.45. The van der Waals surface area contributed by atoms with E-state index in [0.29, 0.717) is 11.5 Å². The molecule has 0 bridgehead atoms. The highest BCUT2D eigenvalue weighted by atomic mass is 32.1. The smallest absolute Gasteiger partial charge is 0.339 e. The minimum absolute atomic E-state index is 0.0139. The molecule has 6 nitrogen and oxygen atoms in total. The van der Waals surface area contributed by atoms with Gasteiger partial charge in [-0.25, -0.2) is 4.79 Å². The lowest BCUT2D eigenvalue weighted by Gasteiger charge is -2.29.